The Morgan fingerprint density at radius 1 is 1.07 bits per heavy atom. The van der Waals surface area contributed by atoms with Crippen molar-refractivity contribution in [3.05, 3.63) is 70.8 Å². The second-order valence-corrected chi connectivity index (χ2v) is 6.96. The van der Waals surface area contributed by atoms with Gasteiger partial charge >= 0.3 is 0 Å². The number of nitrogens with zero attached hydrogens (tertiary/aromatic N) is 1. The molecule has 6 heteroatoms. The van der Waals surface area contributed by atoms with Crippen molar-refractivity contribution in [2.45, 2.75) is 25.4 Å². The van der Waals surface area contributed by atoms with Gasteiger partial charge in [-0.1, -0.05) is 24.3 Å². The molecule has 0 aromatic heterocycles. The van der Waals surface area contributed by atoms with Gasteiger partial charge in [-0.15, -0.1) is 0 Å². The fourth-order valence-corrected chi connectivity index (χ4v) is 3.62. The zero-order chi connectivity index (χ0) is 18.8. The molecule has 2 aromatic rings. The van der Waals surface area contributed by atoms with Gasteiger partial charge in [-0.3, -0.25) is 19.3 Å². The highest BCUT2D eigenvalue weighted by Gasteiger charge is 2.35. The molecule has 0 saturated carbocycles. The largest absolute Gasteiger partial charge is 0.348 e. The van der Waals surface area contributed by atoms with Gasteiger partial charge in [0.25, 0.3) is 17.7 Å². The summed E-state index contributed by atoms with van der Waals surface area (Å²) in [6, 6.07) is 14.1. The van der Waals surface area contributed by atoms with E-state index in [-0.39, 0.29) is 30.3 Å². The lowest BCUT2D eigenvalue weighted by Crippen LogP contribution is -2.45. The monoisotopic (exact) mass is 363 g/mol. The van der Waals surface area contributed by atoms with Crippen LogP contribution in [0.3, 0.4) is 0 Å². The number of nitrogens with one attached hydrogen (secondary N) is 2. The fraction of sp³-hybridized carbons (Fsp3) is 0.286. The summed E-state index contributed by atoms with van der Waals surface area (Å²) in [4.78, 5) is 38.8. The Morgan fingerprint density at radius 3 is 2.48 bits per heavy atom. The van der Waals surface area contributed by atoms with E-state index in [1.54, 1.807) is 42.5 Å². The van der Waals surface area contributed by atoms with Crippen LogP contribution in [-0.4, -0.2) is 41.8 Å². The number of rotatable bonds is 4. The van der Waals surface area contributed by atoms with Crippen LogP contribution in [0.4, 0.5) is 0 Å². The average Bonchev–Trinajstić information content (AvgIpc) is 2.94. The van der Waals surface area contributed by atoms with E-state index in [9.17, 15) is 14.4 Å². The third-order valence-electron chi connectivity index (χ3n) is 5.04. The smallest absolute Gasteiger partial charge is 0.261 e. The Labute approximate surface area is 157 Å². The maximum absolute atomic E-state index is 12.5. The van der Waals surface area contributed by atoms with Crippen molar-refractivity contribution in [2.24, 2.45) is 0 Å². The number of amides is 3. The van der Waals surface area contributed by atoms with E-state index in [1.165, 1.54) is 4.90 Å². The molecule has 0 radical (unpaired) electrons. The van der Waals surface area contributed by atoms with Crippen molar-refractivity contribution in [1.29, 1.82) is 0 Å². The lowest BCUT2D eigenvalue weighted by Gasteiger charge is -2.24. The van der Waals surface area contributed by atoms with Crippen LogP contribution in [0, 0.1) is 0 Å². The number of hydrogen-bond acceptors (Lipinski definition) is 4. The third kappa shape index (κ3) is 3.48. The summed E-state index contributed by atoms with van der Waals surface area (Å²) in [6.07, 6.45) is 2.01. The molecule has 2 aliphatic rings. The van der Waals surface area contributed by atoms with Crippen LogP contribution in [-0.2, 0) is 6.54 Å². The summed E-state index contributed by atoms with van der Waals surface area (Å²) < 4.78 is 0. The molecular formula is C21H21N3O3. The van der Waals surface area contributed by atoms with Gasteiger partial charge in [-0.2, -0.15) is 0 Å². The predicted molar refractivity (Wildman–Crippen MR) is 100 cm³/mol. The Bertz CT molecular complexity index is 868. The van der Waals surface area contributed by atoms with Crippen molar-refractivity contribution in [1.82, 2.24) is 15.5 Å². The minimum atomic E-state index is -0.293. The zero-order valence-electron chi connectivity index (χ0n) is 14.9. The molecule has 1 fully saturated rings. The summed E-state index contributed by atoms with van der Waals surface area (Å²) in [6.45, 7) is 1.92. The molecule has 27 heavy (non-hydrogen) atoms. The second kappa shape index (κ2) is 7.32. The molecule has 0 unspecified atom stereocenters. The molecule has 2 heterocycles. The molecule has 0 aliphatic carbocycles. The van der Waals surface area contributed by atoms with Crippen LogP contribution in [0.5, 0.6) is 0 Å². The molecule has 1 atom stereocenters. The first-order valence-electron chi connectivity index (χ1n) is 9.19. The highest BCUT2D eigenvalue weighted by molar-refractivity contribution is 6.21. The molecular weight excluding hydrogens is 342 g/mol. The number of carbonyl (C=O) groups is 3. The van der Waals surface area contributed by atoms with Gasteiger partial charge in [-0.25, -0.2) is 0 Å². The fourth-order valence-electron chi connectivity index (χ4n) is 3.62. The summed E-state index contributed by atoms with van der Waals surface area (Å²) in [5, 5.41) is 6.31. The van der Waals surface area contributed by atoms with Crippen molar-refractivity contribution < 1.29 is 14.4 Å². The van der Waals surface area contributed by atoms with Crippen molar-refractivity contribution >= 4 is 17.7 Å². The van der Waals surface area contributed by atoms with Crippen LogP contribution in [0.2, 0.25) is 0 Å². The first kappa shape index (κ1) is 17.4. The number of carbonyl (C=O) groups excluding carboxylic acids is 3. The Kier molecular flexibility index (Phi) is 4.73. The Morgan fingerprint density at radius 2 is 1.81 bits per heavy atom. The molecule has 6 nitrogen and oxygen atoms in total. The molecule has 4 rings (SSSR count). The minimum absolute atomic E-state index is 0.131. The van der Waals surface area contributed by atoms with E-state index < -0.39 is 0 Å². The summed E-state index contributed by atoms with van der Waals surface area (Å²) in [5.74, 6) is -0.717. The average molecular weight is 363 g/mol. The number of fused-ring (bicyclic) bond motifs is 1. The lowest BCUT2D eigenvalue weighted by atomic mass is 10.1. The first-order chi connectivity index (χ1) is 13.1. The molecule has 138 valence electrons. The first-order valence-corrected chi connectivity index (χ1v) is 9.19. The molecule has 0 bridgehead atoms. The van der Waals surface area contributed by atoms with E-state index in [1.807, 2.05) is 6.07 Å². The molecule has 1 saturated heterocycles. The van der Waals surface area contributed by atoms with Crippen LogP contribution in [0.1, 0.15) is 49.5 Å². The third-order valence-corrected chi connectivity index (χ3v) is 5.04. The standard InChI is InChI=1S/C21H21N3O3/c25-19(23-16-7-4-10-22-12-16)15-6-3-5-14(11-15)13-24-20(26)17-8-1-2-9-18(17)21(24)27/h1-3,5-6,8-9,11,16,22H,4,7,10,12-13H2,(H,23,25)/t16-/m0/s1. The highest BCUT2D eigenvalue weighted by Crippen LogP contribution is 2.24. The highest BCUT2D eigenvalue weighted by atomic mass is 16.2. The van der Waals surface area contributed by atoms with E-state index in [0.717, 1.165) is 31.5 Å². The van der Waals surface area contributed by atoms with Crippen molar-refractivity contribution in [3.8, 4) is 0 Å². The number of piperidine rings is 1. The molecule has 0 spiro atoms. The van der Waals surface area contributed by atoms with Gasteiger partial charge < -0.3 is 10.6 Å². The molecule has 2 aliphatic heterocycles. The number of imide groups is 1. The molecule has 2 aromatic carbocycles. The van der Waals surface area contributed by atoms with Gasteiger partial charge in [0.1, 0.15) is 0 Å². The SMILES string of the molecule is O=C(N[C@H]1CCCNC1)c1cccc(CN2C(=O)c3ccccc3C2=O)c1. The molecule has 3 amide bonds. The van der Waals surface area contributed by atoms with Gasteiger partial charge in [0.2, 0.25) is 0 Å². The summed E-state index contributed by atoms with van der Waals surface area (Å²) in [7, 11) is 0. The minimum Gasteiger partial charge on any atom is -0.348 e. The van der Waals surface area contributed by atoms with Crippen LogP contribution in [0.25, 0.3) is 0 Å². The summed E-state index contributed by atoms with van der Waals surface area (Å²) >= 11 is 0. The lowest BCUT2D eigenvalue weighted by molar-refractivity contribution is 0.0642. The molecule has 2 N–H and O–H groups in total. The van der Waals surface area contributed by atoms with Crippen molar-refractivity contribution in [3.63, 3.8) is 0 Å². The van der Waals surface area contributed by atoms with E-state index in [4.69, 9.17) is 0 Å². The van der Waals surface area contributed by atoms with Crippen LogP contribution in [0.15, 0.2) is 48.5 Å². The Hall–Kier alpha value is -2.99. The van der Waals surface area contributed by atoms with Gasteiger partial charge in [0, 0.05) is 18.2 Å². The maximum Gasteiger partial charge on any atom is 0.261 e. The van der Waals surface area contributed by atoms with Crippen LogP contribution >= 0.6 is 0 Å². The normalized spacial score (nSPS) is 19.1. The van der Waals surface area contributed by atoms with E-state index >= 15 is 0 Å². The number of benzene rings is 2. The van der Waals surface area contributed by atoms with Gasteiger partial charge in [0.05, 0.1) is 17.7 Å². The van der Waals surface area contributed by atoms with E-state index in [2.05, 4.69) is 10.6 Å². The van der Waals surface area contributed by atoms with E-state index in [0.29, 0.717) is 16.7 Å². The zero-order valence-corrected chi connectivity index (χ0v) is 14.9. The van der Waals surface area contributed by atoms with Gasteiger partial charge in [-0.05, 0) is 49.2 Å². The second-order valence-electron chi connectivity index (χ2n) is 6.96. The van der Waals surface area contributed by atoms with Crippen LogP contribution < -0.4 is 10.6 Å². The van der Waals surface area contributed by atoms with Crippen molar-refractivity contribution in [2.75, 3.05) is 13.1 Å². The Balaban J connectivity index is 1.48. The predicted octanol–water partition coefficient (Wildman–Crippen LogP) is 1.96. The topological polar surface area (TPSA) is 78.5 Å². The van der Waals surface area contributed by atoms with Gasteiger partial charge in [0.15, 0.2) is 0 Å². The quantitative estimate of drug-likeness (QED) is 0.814. The number of hydrogen-bond donors (Lipinski definition) is 2. The summed E-state index contributed by atoms with van der Waals surface area (Å²) in [5.41, 5.74) is 2.15. The maximum atomic E-state index is 12.5.